The van der Waals surface area contributed by atoms with E-state index in [1.165, 1.54) is 12.3 Å². The van der Waals surface area contributed by atoms with Gasteiger partial charge in [0.25, 0.3) is 5.56 Å². The van der Waals surface area contributed by atoms with Gasteiger partial charge in [0.05, 0.1) is 19.5 Å². The van der Waals surface area contributed by atoms with Crippen LogP contribution >= 0.6 is 7.82 Å². The smallest absolute Gasteiger partial charge is 0.394 e. The van der Waals surface area contributed by atoms with Crippen molar-refractivity contribution in [3.63, 3.8) is 0 Å². The Morgan fingerprint density at radius 2 is 1.85 bits per heavy atom. The summed E-state index contributed by atoms with van der Waals surface area (Å²) in [5, 5.41) is 30.3. The van der Waals surface area contributed by atoms with Crippen molar-refractivity contribution in [3.8, 4) is 0 Å². The van der Waals surface area contributed by atoms with E-state index in [1.807, 2.05) is 0 Å². The average molecular weight is 590 g/mol. The molecule has 9 unspecified atom stereocenters. The normalized spacial score (nSPS) is 32.0. The van der Waals surface area contributed by atoms with Crippen LogP contribution in [0.25, 0.3) is 11.2 Å². The van der Waals surface area contributed by atoms with Crippen molar-refractivity contribution < 1.29 is 47.7 Å². The first-order valence-electron chi connectivity index (χ1n) is 11.5. The van der Waals surface area contributed by atoms with E-state index < -0.39 is 81.4 Å². The maximum Gasteiger partial charge on any atom is 0.472 e. The molecule has 5 heterocycles. The molecule has 0 amide bonds. The number of fused-ring (bicyclic) bond motifs is 1. The van der Waals surface area contributed by atoms with Crippen LogP contribution < -0.4 is 22.7 Å². The lowest BCUT2D eigenvalue weighted by Crippen LogP contribution is -2.36. The highest BCUT2D eigenvalue weighted by Crippen LogP contribution is 2.49. The van der Waals surface area contributed by atoms with E-state index in [-0.39, 0.29) is 22.9 Å². The molecule has 2 fully saturated rings. The second kappa shape index (κ2) is 10.6. The van der Waals surface area contributed by atoms with Gasteiger partial charge in [0.15, 0.2) is 29.8 Å². The number of phosphoric ester groups is 1. The number of halogens is 1. The van der Waals surface area contributed by atoms with Crippen molar-refractivity contribution in [2.45, 2.75) is 49.1 Å². The van der Waals surface area contributed by atoms with E-state index in [9.17, 15) is 34.4 Å². The van der Waals surface area contributed by atoms with Gasteiger partial charge < -0.3 is 41.2 Å². The summed E-state index contributed by atoms with van der Waals surface area (Å²) < 4.78 is 50.8. The summed E-state index contributed by atoms with van der Waals surface area (Å²) in [5.74, 6) is -0.373. The summed E-state index contributed by atoms with van der Waals surface area (Å²) in [6, 6.07) is 1.25. The molecule has 3 aromatic rings. The monoisotopic (exact) mass is 590 g/mol. The highest BCUT2D eigenvalue weighted by atomic mass is 31.2. The van der Waals surface area contributed by atoms with Gasteiger partial charge in [-0.3, -0.25) is 28.0 Å². The van der Waals surface area contributed by atoms with Gasteiger partial charge in [0, 0.05) is 6.20 Å². The molecule has 0 saturated carbocycles. The Morgan fingerprint density at radius 1 is 1.12 bits per heavy atom. The number of ether oxygens (including phenoxy) is 2. The third kappa shape index (κ3) is 5.11. The summed E-state index contributed by atoms with van der Waals surface area (Å²) >= 11 is 0. The molecule has 3 aromatic heterocycles. The van der Waals surface area contributed by atoms with E-state index in [0.29, 0.717) is 0 Å². The number of nitrogens with one attached hydrogen (secondary N) is 1. The standard InChI is InChI=1S/C19H24FN8O11P/c20-9-13(6(3-29)37-16(9)28-5-23-10-14(28)25-18(22)26-15(10)32)39-40(34,35)36-4-7-11(30)12(31)17(38-7)27-2-1-8(21)24-19(27)33/h1-2,5-7,9,11-13,16-17,29-31H,3-4H2,(H,34,35)(H2,21,24,33)(H3,22,25,26,32). The van der Waals surface area contributed by atoms with Gasteiger partial charge in [-0.25, -0.2) is 18.7 Å². The Kier molecular flexibility index (Phi) is 7.46. The Labute approximate surface area is 221 Å². The topological polar surface area (TPSA) is 285 Å². The molecule has 21 heteroatoms. The largest absolute Gasteiger partial charge is 0.472 e. The number of hydrogen-bond donors (Lipinski definition) is 7. The molecule has 9 atom stereocenters. The number of nitrogen functional groups attached to an aromatic ring is 2. The molecule has 0 radical (unpaired) electrons. The quantitative estimate of drug-likeness (QED) is 0.128. The predicted molar refractivity (Wildman–Crippen MR) is 128 cm³/mol. The van der Waals surface area contributed by atoms with Crippen molar-refractivity contribution in [3.05, 3.63) is 39.4 Å². The second-order valence-electron chi connectivity index (χ2n) is 8.89. The van der Waals surface area contributed by atoms with Gasteiger partial charge in [0.2, 0.25) is 5.95 Å². The number of imidazole rings is 1. The lowest BCUT2D eigenvalue weighted by Gasteiger charge is -2.22. The SMILES string of the molecule is Nc1ccn(C2OC(COP(=O)(O)OC3C(CO)OC(n4cnc5c(=O)[nH]c(N)nc54)C3F)C(O)C2O)c(=O)n1. The van der Waals surface area contributed by atoms with Crippen LogP contribution in [0.15, 0.2) is 28.2 Å². The number of phosphoric acid groups is 1. The number of alkyl halides is 1. The molecule has 0 aromatic carbocycles. The molecule has 218 valence electrons. The molecule has 9 N–H and O–H groups in total. The molecular formula is C19H24FN8O11P. The van der Waals surface area contributed by atoms with Crippen molar-refractivity contribution in [1.82, 2.24) is 29.1 Å². The molecule has 0 bridgehead atoms. The zero-order valence-corrected chi connectivity index (χ0v) is 21.0. The average Bonchev–Trinajstić information content (AvgIpc) is 3.53. The number of aliphatic hydroxyl groups excluding tert-OH is 3. The number of rotatable bonds is 8. The van der Waals surface area contributed by atoms with Crippen LogP contribution in [0.2, 0.25) is 0 Å². The van der Waals surface area contributed by atoms with Crippen molar-refractivity contribution in [2.24, 2.45) is 0 Å². The third-order valence-electron chi connectivity index (χ3n) is 6.29. The van der Waals surface area contributed by atoms with Crippen molar-refractivity contribution in [1.29, 1.82) is 0 Å². The Morgan fingerprint density at radius 3 is 2.55 bits per heavy atom. The van der Waals surface area contributed by atoms with E-state index in [2.05, 4.69) is 19.9 Å². The number of hydrogen-bond acceptors (Lipinski definition) is 15. The van der Waals surface area contributed by atoms with Crippen LogP contribution in [0, 0.1) is 0 Å². The molecule has 40 heavy (non-hydrogen) atoms. The molecule has 0 spiro atoms. The van der Waals surface area contributed by atoms with Gasteiger partial charge in [-0.05, 0) is 6.07 Å². The third-order valence-corrected chi connectivity index (χ3v) is 7.28. The minimum absolute atomic E-state index is 0.0895. The first kappa shape index (κ1) is 28.2. The van der Waals surface area contributed by atoms with Crippen LogP contribution in [-0.2, 0) is 23.1 Å². The number of nitrogens with two attached hydrogens (primary N) is 2. The maximum absolute atomic E-state index is 15.5. The highest BCUT2D eigenvalue weighted by molar-refractivity contribution is 7.47. The number of aromatic nitrogens is 6. The van der Waals surface area contributed by atoms with E-state index >= 15 is 4.39 Å². The summed E-state index contributed by atoms with van der Waals surface area (Å²) in [4.78, 5) is 47.8. The molecule has 2 aliphatic heterocycles. The van der Waals surface area contributed by atoms with Gasteiger partial charge in [0.1, 0.15) is 36.3 Å². The van der Waals surface area contributed by atoms with Crippen LogP contribution in [0.1, 0.15) is 12.5 Å². The fourth-order valence-corrected chi connectivity index (χ4v) is 5.34. The fourth-order valence-electron chi connectivity index (χ4n) is 4.39. The number of H-pyrrole nitrogens is 1. The molecule has 5 rings (SSSR count). The fraction of sp³-hybridized carbons (Fsp3) is 0.526. The molecule has 2 saturated heterocycles. The minimum atomic E-state index is -5.12. The van der Waals surface area contributed by atoms with Crippen molar-refractivity contribution in [2.75, 3.05) is 24.7 Å². The minimum Gasteiger partial charge on any atom is -0.394 e. The number of aromatic amines is 1. The summed E-state index contributed by atoms with van der Waals surface area (Å²) in [6.07, 6.45) is -11.1. The Bertz CT molecular complexity index is 1570. The number of anilines is 2. The van der Waals surface area contributed by atoms with Gasteiger partial charge in [-0.2, -0.15) is 9.97 Å². The number of aliphatic hydroxyl groups is 3. The maximum atomic E-state index is 15.5. The number of nitrogens with zero attached hydrogens (tertiary/aromatic N) is 5. The molecule has 19 nitrogen and oxygen atoms in total. The first-order valence-corrected chi connectivity index (χ1v) is 13.0. The summed E-state index contributed by atoms with van der Waals surface area (Å²) in [6.45, 7) is -1.68. The van der Waals surface area contributed by atoms with Gasteiger partial charge >= 0.3 is 13.5 Å². The lowest BCUT2D eigenvalue weighted by atomic mass is 10.1. The molecule has 2 aliphatic rings. The van der Waals surface area contributed by atoms with Crippen molar-refractivity contribution >= 4 is 30.8 Å². The summed E-state index contributed by atoms with van der Waals surface area (Å²) in [5.41, 5.74) is 9.06. The van der Waals surface area contributed by atoms with E-state index in [0.717, 1.165) is 15.5 Å². The highest BCUT2D eigenvalue weighted by Gasteiger charge is 2.51. The zero-order chi connectivity index (χ0) is 28.9. The zero-order valence-electron chi connectivity index (χ0n) is 20.1. The molecular weight excluding hydrogens is 566 g/mol. The molecule has 0 aliphatic carbocycles. The van der Waals surface area contributed by atoms with Crippen LogP contribution in [-0.4, -0.2) is 99.2 Å². The lowest BCUT2D eigenvalue weighted by molar-refractivity contribution is -0.0609. The van der Waals surface area contributed by atoms with Crippen LogP contribution in [0.4, 0.5) is 16.2 Å². The van der Waals surface area contributed by atoms with Gasteiger partial charge in [-0.1, -0.05) is 0 Å². The van der Waals surface area contributed by atoms with E-state index in [4.69, 9.17) is 30.0 Å². The Hall–Kier alpha value is -3.33. The summed E-state index contributed by atoms with van der Waals surface area (Å²) in [7, 11) is -5.12. The van der Waals surface area contributed by atoms with Crippen LogP contribution in [0.5, 0.6) is 0 Å². The van der Waals surface area contributed by atoms with Gasteiger partial charge in [-0.15, -0.1) is 0 Å². The van der Waals surface area contributed by atoms with Crippen LogP contribution in [0.3, 0.4) is 0 Å². The first-order chi connectivity index (χ1) is 18.9. The van der Waals surface area contributed by atoms with E-state index in [1.54, 1.807) is 0 Å². The Balaban J connectivity index is 1.28. The second-order valence-corrected chi connectivity index (χ2v) is 10.3. The predicted octanol–water partition coefficient (Wildman–Crippen LogP) is -3.11.